The third-order valence-corrected chi connectivity index (χ3v) is 2.82. The number of aromatic nitrogens is 1. The molecule has 0 saturated heterocycles. The van der Waals surface area contributed by atoms with Crippen molar-refractivity contribution in [3.8, 4) is 0 Å². The van der Waals surface area contributed by atoms with Crippen LogP contribution in [0.4, 0.5) is 0 Å². The average Bonchev–Trinajstić information content (AvgIpc) is 2.99. The fourth-order valence-corrected chi connectivity index (χ4v) is 1.79. The zero-order valence-corrected chi connectivity index (χ0v) is 11.3. The number of amides is 1. The SMILES string of the molecule is CC(NC(=O)c1ccncc1C=CC(=O)O)c1ccco1. The van der Waals surface area contributed by atoms with Crippen LogP contribution >= 0.6 is 0 Å². The van der Waals surface area contributed by atoms with Gasteiger partial charge in [-0.1, -0.05) is 0 Å². The normalized spacial score (nSPS) is 12.2. The van der Waals surface area contributed by atoms with Gasteiger partial charge in [0.25, 0.3) is 5.91 Å². The zero-order chi connectivity index (χ0) is 15.2. The zero-order valence-electron chi connectivity index (χ0n) is 11.3. The molecule has 6 heteroatoms. The van der Waals surface area contributed by atoms with Gasteiger partial charge in [-0.3, -0.25) is 9.78 Å². The van der Waals surface area contributed by atoms with E-state index in [1.54, 1.807) is 19.1 Å². The van der Waals surface area contributed by atoms with E-state index in [2.05, 4.69) is 10.3 Å². The van der Waals surface area contributed by atoms with Crippen molar-refractivity contribution in [3.63, 3.8) is 0 Å². The molecule has 6 nitrogen and oxygen atoms in total. The molecule has 108 valence electrons. The lowest BCUT2D eigenvalue weighted by Gasteiger charge is -2.12. The van der Waals surface area contributed by atoms with Crippen LogP contribution in [0.5, 0.6) is 0 Å². The predicted octanol–water partition coefficient (Wildman–Crippen LogP) is 2.26. The number of rotatable bonds is 5. The summed E-state index contributed by atoms with van der Waals surface area (Å²) in [5.74, 6) is -0.777. The number of carbonyl (C=O) groups is 2. The first kappa shape index (κ1) is 14.5. The third-order valence-electron chi connectivity index (χ3n) is 2.82. The number of aliphatic carboxylic acids is 1. The van der Waals surface area contributed by atoms with Gasteiger partial charge < -0.3 is 14.8 Å². The van der Waals surface area contributed by atoms with Crippen LogP contribution in [-0.2, 0) is 4.79 Å². The second-order valence-corrected chi connectivity index (χ2v) is 4.35. The molecule has 2 N–H and O–H groups in total. The molecular weight excluding hydrogens is 272 g/mol. The molecule has 0 bridgehead atoms. The van der Waals surface area contributed by atoms with Gasteiger partial charge in [0.15, 0.2) is 0 Å². The smallest absolute Gasteiger partial charge is 0.328 e. The van der Waals surface area contributed by atoms with Gasteiger partial charge in [-0.15, -0.1) is 0 Å². The fraction of sp³-hybridized carbons (Fsp3) is 0.133. The van der Waals surface area contributed by atoms with E-state index in [-0.39, 0.29) is 11.9 Å². The van der Waals surface area contributed by atoms with Gasteiger partial charge in [0.2, 0.25) is 0 Å². The minimum absolute atomic E-state index is 0.294. The summed E-state index contributed by atoms with van der Waals surface area (Å²) in [5, 5.41) is 11.4. The standard InChI is InChI=1S/C15H14N2O4/c1-10(13-3-2-8-21-13)17-15(20)12-6-7-16-9-11(12)4-5-14(18)19/h2-10H,1H3,(H,17,20)(H,18,19). The van der Waals surface area contributed by atoms with Gasteiger partial charge in [0.05, 0.1) is 12.3 Å². The van der Waals surface area contributed by atoms with Crippen molar-refractivity contribution in [1.82, 2.24) is 10.3 Å². The molecule has 0 aliphatic heterocycles. The van der Waals surface area contributed by atoms with Crippen molar-refractivity contribution in [1.29, 1.82) is 0 Å². The summed E-state index contributed by atoms with van der Waals surface area (Å²) in [5.41, 5.74) is 0.782. The molecule has 0 aromatic carbocycles. The van der Waals surface area contributed by atoms with Crippen molar-refractivity contribution in [2.24, 2.45) is 0 Å². The molecule has 0 aliphatic rings. The van der Waals surface area contributed by atoms with Crippen molar-refractivity contribution >= 4 is 18.0 Å². The molecule has 1 unspecified atom stereocenters. The quantitative estimate of drug-likeness (QED) is 0.822. The predicted molar refractivity (Wildman–Crippen MR) is 75.5 cm³/mol. The van der Waals surface area contributed by atoms with Crippen LogP contribution in [0.25, 0.3) is 6.08 Å². The van der Waals surface area contributed by atoms with E-state index < -0.39 is 5.97 Å². The molecule has 2 aromatic heterocycles. The van der Waals surface area contributed by atoms with Gasteiger partial charge in [0.1, 0.15) is 5.76 Å². The number of hydrogen-bond donors (Lipinski definition) is 2. The number of hydrogen-bond acceptors (Lipinski definition) is 4. The number of pyridine rings is 1. The van der Waals surface area contributed by atoms with Crippen molar-refractivity contribution in [2.45, 2.75) is 13.0 Å². The Morgan fingerprint density at radius 3 is 2.90 bits per heavy atom. The molecule has 2 rings (SSSR count). The van der Waals surface area contributed by atoms with Crippen LogP contribution in [0.15, 0.2) is 47.3 Å². The van der Waals surface area contributed by atoms with E-state index in [9.17, 15) is 9.59 Å². The number of nitrogens with one attached hydrogen (secondary N) is 1. The van der Waals surface area contributed by atoms with Gasteiger partial charge in [-0.05, 0) is 31.2 Å². The summed E-state index contributed by atoms with van der Waals surface area (Å²) >= 11 is 0. The van der Waals surface area contributed by atoms with E-state index >= 15 is 0 Å². The highest BCUT2D eigenvalue weighted by Gasteiger charge is 2.15. The summed E-state index contributed by atoms with van der Waals surface area (Å²) in [4.78, 5) is 26.7. The van der Waals surface area contributed by atoms with E-state index in [0.29, 0.717) is 16.9 Å². The number of carboxylic acids is 1. The summed E-state index contributed by atoms with van der Waals surface area (Å²) in [6.07, 6.45) is 6.74. The van der Waals surface area contributed by atoms with Crippen molar-refractivity contribution < 1.29 is 19.1 Å². The van der Waals surface area contributed by atoms with Crippen LogP contribution in [-0.4, -0.2) is 22.0 Å². The highest BCUT2D eigenvalue weighted by Crippen LogP contribution is 2.15. The van der Waals surface area contributed by atoms with E-state index in [0.717, 1.165) is 6.08 Å². The lowest BCUT2D eigenvalue weighted by atomic mass is 10.1. The first-order valence-corrected chi connectivity index (χ1v) is 6.27. The topological polar surface area (TPSA) is 92.4 Å². The van der Waals surface area contributed by atoms with Crippen LogP contribution in [0.2, 0.25) is 0 Å². The maximum atomic E-state index is 12.3. The maximum absolute atomic E-state index is 12.3. The Bertz CT molecular complexity index is 662. The molecule has 0 saturated carbocycles. The molecule has 0 fully saturated rings. The Kier molecular flexibility index (Phi) is 4.50. The molecule has 0 radical (unpaired) electrons. The van der Waals surface area contributed by atoms with E-state index in [4.69, 9.17) is 9.52 Å². The summed E-state index contributed by atoms with van der Waals surface area (Å²) in [6.45, 7) is 1.80. The Morgan fingerprint density at radius 2 is 2.24 bits per heavy atom. The Morgan fingerprint density at radius 1 is 1.43 bits per heavy atom. The molecule has 0 spiro atoms. The highest BCUT2D eigenvalue weighted by atomic mass is 16.4. The maximum Gasteiger partial charge on any atom is 0.328 e. The third kappa shape index (κ3) is 3.79. The van der Waals surface area contributed by atoms with E-state index in [1.807, 2.05) is 0 Å². The second kappa shape index (κ2) is 6.51. The van der Waals surface area contributed by atoms with Gasteiger partial charge in [-0.2, -0.15) is 0 Å². The molecule has 1 atom stereocenters. The summed E-state index contributed by atoms with van der Waals surface area (Å²) in [6, 6.07) is 4.75. The highest BCUT2D eigenvalue weighted by molar-refractivity contribution is 5.98. The van der Waals surface area contributed by atoms with Crippen molar-refractivity contribution in [3.05, 3.63) is 59.8 Å². The van der Waals surface area contributed by atoms with Crippen LogP contribution < -0.4 is 5.32 Å². The summed E-state index contributed by atoms with van der Waals surface area (Å²) < 4.78 is 5.22. The minimum atomic E-state index is -1.09. The van der Waals surface area contributed by atoms with Gasteiger partial charge >= 0.3 is 5.97 Å². The monoisotopic (exact) mass is 286 g/mol. The molecule has 1 amide bonds. The van der Waals surface area contributed by atoms with Crippen LogP contribution in [0, 0.1) is 0 Å². The molecule has 2 heterocycles. The van der Waals surface area contributed by atoms with Crippen molar-refractivity contribution in [2.75, 3.05) is 0 Å². The molecular formula is C15H14N2O4. The largest absolute Gasteiger partial charge is 0.478 e. The Hall–Kier alpha value is -2.89. The lowest BCUT2D eigenvalue weighted by Crippen LogP contribution is -2.27. The van der Waals surface area contributed by atoms with E-state index in [1.165, 1.54) is 30.8 Å². The van der Waals surface area contributed by atoms with Crippen LogP contribution in [0.3, 0.4) is 0 Å². The number of furan rings is 1. The minimum Gasteiger partial charge on any atom is -0.478 e. The molecule has 2 aromatic rings. The summed E-state index contributed by atoms with van der Waals surface area (Å²) in [7, 11) is 0. The number of carbonyl (C=O) groups excluding carboxylic acids is 1. The number of carboxylic acid groups (broad SMARTS) is 1. The first-order chi connectivity index (χ1) is 10.1. The number of nitrogens with zero attached hydrogens (tertiary/aromatic N) is 1. The lowest BCUT2D eigenvalue weighted by molar-refractivity contribution is -0.131. The Labute approximate surface area is 121 Å². The van der Waals surface area contributed by atoms with Crippen LogP contribution in [0.1, 0.15) is 34.6 Å². The second-order valence-electron chi connectivity index (χ2n) is 4.35. The first-order valence-electron chi connectivity index (χ1n) is 6.27. The Balaban J connectivity index is 2.17. The van der Waals surface area contributed by atoms with Gasteiger partial charge in [0, 0.05) is 29.6 Å². The van der Waals surface area contributed by atoms with Gasteiger partial charge in [-0.25, -0.2) is 4.79 Å². The fourth-order valence-electron chi connectivity index (χ4n) is 1.79. The molecule has 21 heavy (non-hydrogen) atoms. The molecule has 0 aliphatic carbocycles. The average molecular weight is 286 g/mol.